The van der Waals surface area contributed by atoms with E-state index in [2.05, 4.69) is 23.5 Å². The van der Waals surface area contributed by atoms with Crippen LogP contribution in [0.15, 0.2) is 18.2 Å². The van der Waals surface area contributed by atoms with Crippen LogP contribution < -0.4 is 5.32 Å². The highest BCUT2D eigenvalue weighted by Crippen LogP contribution is 2.29. The Morgan fingerprint density at radius 3 is 2.88 bits per heavy atom. The number of rotatable bonds is 2. The number of benzene rings is 1. The minimum Gasteiger partial charge on any atom is -0.312 e. The molecule has 1 aliphatic heterocycles. The molecule has 1 aromatic rings. The highest BCUT2D eigenvalue weighted by Gasteiger charge is 2.17. The third kappa shape index (κ3) is 2.55. The Hall–Kier alpha value is -0.820. The van der Waals surface area contributed by atoms with Crippen LogP contribution in [0.4, 0.5) is 0 Å². The molecule has 0 bridgehead atoms. The van der Waals surface area contributed by atoms with Gasteiger partial charge in [0.2, 0.25) is 0 Å². The molecule has 0 amide bonds. The molecule has 2 aliphatic rings. The van der Waals surface area contributed by atoms with Gasteiger partial charge in [-0.15, -0.1) is 0 Å². The van der Waals surface area contributed by atoms with E-state index >= 15 is 0 Å². The molecule has 1 aromatic carbocycles. The van der Waals surface area contributed by atoms with Gasteiger partial charge in [-0.25, -0.2) is 0 Å². The molecule has 0 spiro atoms. The lowest BCUT2D eigenvalue weighted by atomic mass is 9.82. The molecular formula is C16H23N. The van der Waals surface area contributed by atoms with Crippen molar-refractivity contribution in [3.8, 4) is 0 Å². The normalized spacial score (nSPS) is 21.2. The van der Waals surface area contributed by atoms with E-state index in [1.807, 2.05) is 0 Å². The lowest BCUT2D eigenvalue weighted by Gasteiger charge is -2.25. The van der Waals surface area contributed by atoms with Crippen molar-refractivity contribution >= 4 is 0 Å². The van der Waals surface area contributed by atoms with Crippen LogP contribution in [-0.2, 0) is 19.4 Å². The summed E-state index contributed by atoms with van der Waals surface area (Å²) in [5.41, 5.74) is 4.84. The third-order valence-electron chi connectivity index (χ3n) is 4.48. The second-order valence-electron chi connectivity index (χ2n) is 5.69. The number of fused-ring (bicyclic) bond motifs is 1. The van der Waals surface area contributed by atoms with E-state index in [1.165, 1.54) is 44.9 Å². The molecule has 0 atom stereocenters. The molecule has 0 saturated heterocycles. The van der Waals surface area contributed by atoms with Gasteiger partial charge < -0.3 is 5.32 Å². The Kier molecular flexibility index (Phi) is 3.46. The van der Waals surface area contributed by atoms with E-state index in [4.69, 9.17) is 0 Å². The summed E-state index contributed by atoms with van der Waals surface area (Å²) in [5.74, 6) is 0.956. The van der Waals surface area contributed by atoms with Crippen LogP contribution >= 0.6 is 0 Å². The van der Waals surface area contributed by atoms with Gasteiger partial charge in [-0.1, -0.05) is 50.3 Å². The molecule has 0 unspecified atom stereocenters. The molecule has 1 saturated carbocycles. The van der Waals surface area contributed by atoms with E-state index in [-0.39, 0.29) is 0 Å². The van der Waals surface area contributed by atoms with Crippen LogP contribution in [0.1, 0.15) is 48.8 Å². The van der Waals surface area contributed by atoms with Gasteiger partial charge in [-0.2, -0.15) is 0 Å². The van der Waals surface area contributed by atoms with E-state index in [1.54, 1.807) is 16.7 Å². The predicted molar refractivity (Wildman–Crippen MR) is 72.1 cm³/mol. The van der Waals surface area contributed by atoms with Crippen LogP contribution in [0.25, 0.3) is 0 Å². The summed E-state index contributed by atoms with van der Waals surface area (Å²) in [4.78, 5) is 0. The summed E-state index contributed by atoms with van der Waals surface area (Å²) in [6, 6.07) is 6.95. The summed E-state index contributed by atoms with van der Waals surface area (Å²) < 4.78 is 0. The van der Waals surface area contributed by atoms with E-state index < -0.39 is 0 Å². The fourth-order valence-electron chi connectivity index (χ4n) is 3.48. The Bertz CT molecular complexity index is 377. The van der Waals surface area contributed by atoms with Gasteiger partial charge in [0.25, 0.3) is 0 Å². The lowest BCUT2D eigenvalue weighted by Crippen LogP contribution is -2.25. The molecule has 1 heterocycles. The SMILES string of the molecule is c1cc2c(c(CC3CCCCC3)c1)CNCC2. The third-order valence-corrected chi connectivity index (χ3v) is 4.48. The average molecular weight is 229 g/mol. The average Bonchev–Trinajstić information content (AvgIpc) is 2.40. The molecule has 1 nitrogen and oxygen atoms in total. The monoisotopic (exact) mass is 229 g/mol. The first-order valence-corrected chi connectivity index (χ1v) is 7.24. The number of hydrogen-bond donors (Lipinski definition) is 1. The zero-order chi connectivity index (χ0) is 11.5. The molecule has 1 fully saturated rings. The first kappa shape index (κ1) is 11.3. The van der Waals surface area contributed by atoms with Crippen LogP contribution in [0.5, 0.6) is 0 Å². The van der Waals surface area contributed by atoms with Crippen molar-refractivity contribution in [2.24, 2.45) is 5.92 Å². The topological polar surface area (TPSA) is 12.0 Å². The lowest BCUT2D eigenvalue weighted by molar-refractivity contribution is 0.355. The molecule has 92 valence electrons. The van der Waals surface area contributed by atoms with Crippen molar-refractivity contribution in [1.82, 2.24) is 5.32 Å². The zero-order valence-electron chi connectivity index (χ0n) is 10.7. The molecule has 1 heteroatoms. The Labute approximate surface area is 105 Å². The predicted octanol–water partition coefficient (Wildman–Crippen LogP) is 3.46. The number of nitrogens with one attached hydrogen (secondary N) is 1. The van der Waals surface area contributed by atoms with E-state index in [0.717, 1.165) is 19.0 Å². The van der Waals surface area contributed by atoms with Crippen LogP contribution in [0, 0.1) is 5.92 Å². The van der Waals surface area contributed by atoms with Crippen LogP contribution in [0.2, 0.25) is 0 Å². The zero-order valence-corrected chi connectivity index (χ0v) is 10.7. The molecule has 3 rings (SSSR count). The Morgan fingerprint density at radius 1 is 1.12 bits per heavy atom. The van der Waals surface area contributed by atoms with Crippen molar-refractivity contribution in [3.63, 3.8) is 0 Å². The Morgan fingerprint density at radius 2 is 2.00 bits per heavy atom. The quantitative estimate of drug-likeness (QED) is 0.819. The van der Waals surface area contributed by atoms with E-state index in [0.29, 0.717) is 0 Å². The molecule has 0 aromatic heterocycles. The van der Waals surface area contributed by atoms with Crippen molar-refractivity contribution in [2.45, 2.75) is 51.5 Å². The summed E-state index contributed by atoms with van der Waals surface area (Å²) in [6.07, 6.45) is 9.83. The van der Waals surface area contributed by atoms with Crippen molar-refractivity contribution < 1.29 is 0 Å². The summed E-state index contributed by atoms with van der Waals surface area (Å²) in [7, 11) is 0. The molecule has 0 radical (unpaired) electrons. The van der Waals surface area contributed by atoms with Crippen LogP contribution in [-0.4, -0.2) is 6.54 Å². The first-order chi connectivity index (χ1) is 8.43. The summed E-state index contributed by atoms with van der Waals surface area (Å²) >= 11 is 0. The van der Waals surface area contributed by atoms with Crippen molar-refractivity contribution in [2.75, 3.05) is 6.54 Å². The smallest absolute Gasteiger partial charge is 0.0211 e. The fraction of sp³-hybridized carbons (Fsp3) is 0.625. The van der Waals surface area contributed by atoms with E-state index in [9.17, 15) is 0 Å². The fourth-order valence-corrected chi connectivity index (χ4v) is 3.48. The summed E-state index contributed by atoms with van der Waals surface area (Å²) in [6.45, 7) is 2.25. The van der Waals surface area contributed by atoms with Crippen molar-refractivity contribution in [1.29, 1.82) is 0 Å². The highest BCUT2D eigenvalue weighted by molar-refractivity contribution is 5.37. The molecule has 1 N–H and O–H groups in total. The molecule has 17 heavy (non-hydrogen) atoms. The van der Waals surface area contributed by atoms with Crippen LogP contribution in [0.3, 0.4) is 0 Å². The van der Waals surface area contributed by atoms with Gasteiger partial charge in [0.1, 0.15) is 0 Å². The van der Waals surface area contributed by atoms with Gasteiger partial charge in [0, 0.05) is 6.54 Å². The van der Waals surface area contributed by atoms with Gasteiger partial charge in [0.15, 0.2) is 0 Å². The first-order valence-electron chi connectivity index (χ1n) is 7.24. The van der Waals surface area contributed by atoms with Gasteiger partial charge >= 0.3 is 0 Å². The van der Waals surface area contributed by atoms with Crippen molar-refractivity contribution in [3.05, 3.63) is 34.9 Å². The molecule has 1 aliphatic carbocycles. The minimum atomic E-state index is 0.956. The highest BCUT2D eigenvalue weighted by atomic mass is 14.9. The second kappa shape index (κ2) is 5.22. The summed E-state index contributed by atoms with van der Waals surface area (Å²) in [5, 5.41) is 3.52. The van der Waals surface area contributed by atoms with Gasteiger partial charge in [0.05, 0.1) is 0 Å². The maximum Gasteiger partial charge on any atom is 0.0211 e. The maximum atomic E-state index is 3.52. The second-order valence-corrected chi connectivity index (χ2v) is 5.69. The number of hydrogen-bond acceptors (Lipinski definition) is 1. The maximum absolute atomic E-state index is 3.52. The largest absolute Gasteiger partial charge is 0.312 e. The standard InChI is InChI=1S/C16H23N/c1-2-5-13(6-3-1)11-15-8-4-7-14-9-10-17-12-16(14)15/h4,7-8,13,17H,1-3,5-6,9-12H2. The molecular weight excluding hydrogens is 206 g/mol. The van der Waals surface area contributed by atoms with Gasteiger partial charge in [-0.3, -0.25) is 0 Å². The van der Waals surface area contributed by atoms with Gasteiger partial charge in [-0.05, 0) is 42.0 Å². The Balaban J connectivity index is 1.77. The minimum absolute atomic E-state index is 0.956.